The van der Waals surface area contributed by atoms with Crippen LogP contribution in [0.25, 0.3) is 16.8 Å². The van der Waals surface area contributed by atoms with Gasteiger partial charge in [0.1, 0.15) is 11.3 Å². The van der Waals surface area contributed by atoms with E-state index in [2.05, 4.69) is 34.6 Å². The molecule has 0 aliphatic heterocycles. The third-order valence-corrected chi connectivity index (χ3v) is 7.71. The van der Waals surface area contributed by atoms with Crippen molar-refractivity contribution in [3.8, 4) is 11.1 Å². The molecule has 0 unspecified atom stereocenters. The fourth-order valence-corrected chi connectivity index (χ4v) is 5.45. The highest BCUT2D eigenvalue weighted by molar-refractivity contribution is 5.92. The lowest BCUT2D eigenvalue weighted by Gasteiger charge is -2.28. The number of carbonyl (C=O) groups excluding carboxylic acids is 2. The van der Waals surface area contributed by atoms with Gasteiger partial charge in [-0.1, -0.05) is 48.5 Å². The molecule has 2 aromatic heterocycles. The summed E-state index contributed by atoms with van der Waals surface area (Å²) in [6.07, 6.45) is 8.72. The Morgan fingerprint density at radius 2 is 1.68 bits per heavy atom. The molecule has 5 rings (SSSR count). The molecule has 1 amide bonds. The minimum Gasteiger partial charge on any atom is -0.466 e. The summed E-state index contributed by atoms with van der Waals surface area (Å²) < 4.78 is 7.03. The fraction of sp³-hybridized carbons (Fsp3) is 0.344. The minimum atomic E-state index is -0.181. The van der Waals surface area contributed by atoms with Crippen LogP contribution in [0.4, 0.5) is 0 Å². The van der Waals surface area contributed by atoms with Crippen LogP contribution in [-0.4, -0.2) is 27.9 Å². The summed E-state index contributed by atoms with van der Waals surface area (Å²) in [7, 11) is 0. The van der Waals surface area contributed by atoms with Crippen LogP contribution in [0.1, 0.15) is 72.1 Å². The number of carbonyl (C=O) groups is 2. The molecule has 0 bridgehead atoms. The van der Waals surface area contributed by atoms with Gasteiger partial charge in [0.25, 0.3) is 5.91 Å². The molecular formula is C32H35N3O3. The van der Waals surface area contributed by atoms with Gasteiger partial charge in [-0.15, -0.1) is 0 Å². The van der Waals surface area contributed by atoms with E-state index in [4.69, 9.17) is 4.74 Å². The number of ether oxygens (including phenoxy) is 1. The van der Waals surface area contributed by atoms with Crippen molar-refractivity contribution in [1.82, 2.24) is 14.7 Å². The van der Waals surface area contributed by atoms with Crippen molar-refractivity contribution in [3.05, 3.63) is 95.4 Å². The van der Waals surface area contributed by atoms with E-state index in [9.17, 15) is 9.59 Å². The van der Waals surface area contributed by atoms with E-state index in [1.807, 2.05) is 60.8 Å². The van der Waals surface area contributed by atoms with Crippen LogP contribution in [0.2, 0.25) is 0 Å². The first-order chi connectivity index (χ1) is 18.5. The summed E-state index contributed by atoms with van der Waals surface area (Å²) in [4.78, 5) is 29.0. The van der Waals surface area contributed by atoms with Gasteiger partial charge in [-0.3, -0.25) is 9.59 Å². The first-order valence-corrected chi connectivity index (χ1v) is 13.6. The van der Waals surface area contributed by atoms with Gasteiger partial charge in [-0.25, -0.2) is 4.98 Å². The van der Waals surface area contributed by atoms with Crippen LogP contribution in [0.15, 0.2) is 73.1 Å². The third-order valence-electron chi connectivity index (χ3n) is 7.71. The van der Waals surface area contributed by atoms with Crippen LogP contribution in [-0.2, 0) is 16.1 Å². The van der Waals surface area contributed by atoms with Gasteiger partial charge < -0.3 is 14.5 Å². The maximum absolute atomic E-state index is 12.7. The average molecular weight is 510 g/mol. The van der Waals surface area contributed by atoms with E-state index in [-0.39, 0.29) is 11.9 Å². The van der Waals surface area contributed by atoms with Crippen molar-refractivity contribution in [3.63, 3.8) is 0 Å². The van der Waals surface area contributed by atoms with Crippen molar-refractivity contribution in [2.45, 2.75) is 58.4 Å². The normalized spacial score (nSPS) is 17.3. The van der Waals surface area contributed by atoms with Gasteiger partial charge in [-0.05, 0) is 91.3 Å². The number of benzene rings is 2. The van der Waals surface area contributed by atoms with Gasteiger partial charge in [0.15, 0.2) is 0 Å². The number of fused-ring (bicyclic) bond motifs is 1. The number of aromatic nitrogens is 2. The molecule has 0 saturated heterocycles. The molecule has 2 heterocycles. The lowest BCUT2D eigenvalue weighted by Crippen LogP contribution is -2.23. The minimum absolute atomic E-state index is 0.0646. The third kappa shape index (κ3) is 5.96. The molecule has 0 radical (unpaired) electrons. The van der Waals surface area contributed by atoms with Gasteiger partial charge in [0, 0.05) is 25.4 Å². The smallest absolute Gasteiger partial charge is 0.306 e. The van der Waals surface area contributed by atoms with Crippen LogP contribution in [0, 0.1) is 12.8 Å². The Hall–Kier alpha value is -3.93. The van der Waals surface area contributed by atoms with Gasteiger partial charge in [0.2, 0.25) is 0 Å². The first kappa shape index (κ1) is 25.7. The number of hydrogen-bond acceptors (Lipinski definition) is 4. The van der Waals surface area contributed by atoms with E-state index in [0.29, 0.717) is 37.1 Å². The van der Waals surface area contributed by atoms with Gasteiger partial charge >= 0.3 is 5.97 Å². The number of hydrogen-bond donors (Lipinski definition) is 1. The molecule has 1 aliphatic rings. The predicted octanol–water partition coefficient (Wildman–Crippen LogP) is 6.47. The highest BCUT2D eigenvalue weighted by atomic mass is 16.5. The number of amides is 1. The Kier molecular flexibility index (Phi) is 7.87. The molecule has 1 saturated carbocycles. The van der Waals surface area contributed by atoms with E-state index < -0.39 is 0 Å². The van der Waals surface area contributed by atoms with Crippen molar-refractivity contribution >= 4 is 17.5 Å². The second kappa shape index (κ2) is 11.6. The van der Waals surface area contributed by atoms with E-state index in [0.717, 1.165) is 53.6 Å². The second-order valence-corrected chi connectivity index (χ2v) is 10.3. The Morgan fingerprint density at radius 3 is 2.42 bits per heavy atom. The standard InChI is InChI=1S/C32H35N3O3/c1-3-38-31(36)18-23-8-10-24(11-9-23)25-12-14-26(15-13-25)28-16-17-30-34-29(21-35(30)20-28)32(37)33-19-27-7-5-4-6-22(27)2/h4-7,12-17,20-21,23-24H,3,8-11,18-19H2,1-2H3,(H,33,37). The Labute approximate surface area is 224 Å². The summed E-state index contributed by atoms with van der Waals surface area (Å²) in [6.45, 7) is 4.83. The molecule has 1 aliphatic carbocycles. The number of pyridine rings is 1. The summed E-state index contributed by atoms with van der Waals surface area (Å²) in [6, 6.07) is 20.8. The topological polar surface area (TPSA) is 72.7 Å². The molecule has 0 spiro atoms. The number of imidazole rings is 1. The lowest BCUT2D eigenvalue weighted by molar-refractivity contribution is -0.144. The van der Waals surface area contributed by atoms with E-state index >= 15 is 0 Å². The molecular weight excluding hydrogens is 474 g/mol. The molecule has 6 heteroatoms. The molecule has 196 valence electrons. The van der Waals surface area contributed by atoms with Gasteiger partial charge in [-0.2, -0.15) is 0 Å². The predicted molar refractivity (Wildman–Crippen MR) is 149 cm³/mol. The van der Waals surface area contributed by atoms with Crippen LogP contribution < -0.4 is 5.32 Å². The Balaban J connectivity index is 1.21. The van der Waals surface area contributed by atoms with Crippen LogP contribution >= 0.6 is 0 Å². The molecule has 6 nitrogen and oxygen atoms in total. The van der Waals surface area contributed by atoms with Crippen molar-refractivity contribution in [2.75, 3.05) is 6.61 Å². The Bertz CT molecular complexity index is 1420. The molecule has 1 N–H and O–H groups in total. The zero-order chi connectivity index (χ0) is 26.5. The number of nitrogens with one attached hydrogen (secondary N) is 1. The summed E-state index contributed by atoms with van der Waals surface area (Å²) in [5, 5.41) is 2.98. The average Bonchev–Trinajstić information content (AvgIpc) is 3.37. The van der Waals surface area contributed by atoms with Crippen molar-refractivity contribution in [2.24, 2.45) is 5.92 Å². The number of esters is 1. The summed E-state index contributed by atoms with van der Waals surface area (Å²) in [5.41, 5.74) is 6.97. The molecule has 0 atom stereocenters. The van der Waals surface area contributed by atoms with Gasteiger partial charge in [0.05, 0.1) is 6.61 Å². The summed E-state index contributed by atoms with van der Waals surface area (Å²) >= 11 is 0. The lowest BCUT2D eigenvalue weighted by atomic mass is 9.77. The maximum Gasteiger partial charge on any atom is 0.306 e. The molecule has 1 fully saturated rings. The molecule has 2 aromatic carbocycles. The molecule has 38 heavy (non-hydrogen) atoms. The maximum atomic E-state index is 12.7. The number of nitrogens with zero attached hydrogens (tertiary/aromatic N) is 2. The van der Waals surface area contributed by atoms with Crippen molar-refractivity contribution in [1.29, 1.82) is 0 Å². The Morgan fingerprint density at radius 1 is 0.947 bits per heavy atom. The fourth-order valence-electron chi connectivity index (χ4n) is 5.45. The summed E-state index contributed by atoms with van der Waals surface area (Å²) in [5.74, 6) is 0.741. The highest BCUT2D eigenvalue weighted by Crippen LogP contribution is 2.37. The van der Waals surface area contributed by atoms with Crippen molar-refractivity contribution < 1.29 is 14.3 Å². The zero-order valence-electron chi connectivity index (χ0n) is 22.2. The van der Waals surface area contributed by atoms with E-state index in [1.54, 1.807) is 6.20 Å². The largest absolute Gasteiger partial charge is 0.466 e. The van der Waals surface area contributed by atoms with Crippen LogP contribution in [0.5, 0.6) is 0 Å². The van der Waals surface area contributed by atoms with Crippen LogP contribution in [0.3, 0.4) is 0 Å². The van der Waals surface area contributed by atoms with E-state index in [1.165, 1.54) is 5.56 Å². The first-order valence-electron chi connectivity index (χ1n) is 13.6. The SMILES string of the molecule is CCOC(=O)CC1CCC(c2ccc(-c3ccc4nc(C(=O)NCc5ccccc5C)cn4c3)cc2)CC1. The second-order valence-electron chi connectivity index (χ2n) is 10.3. The monoisotopic (exact) mass is 509 g/mol. The highest BCUT2D eigenvalue weighted by Gasteiger charge is 2.24. The number of aryl methyl sites for hydroxylation is 1. The number of rotatable bonds is 8. The molecule has 4 aromatic rings. The quantitative estimate of drug-likeness (QED) is 0.277. The zero-order valence-corrected chi connectivity index (χ0v) is 22.2.